The van der Waals surface area contributed by atoms with Crippen molar-refractivity contribution in [3.8, 4) is 0 Å². The molecule has 0 heterocycles. The third kappa shape index (κ3) is 6.81. The van der Waals surface area contributed by atoms with Crippen LogP contribution in [-0.2, 0) is 0 Å². The molecule has 33 heavy (non-hydrogen) atoms. The van der Waals surface area contributed by atoms with Crippen molar-refractivity contribution < 1.29 is 18.6 Å². The van der Waals surface area contributed by atoms with Gasteiger partial charge in [-0.25, -0.2) is 0 Å². The lowest BCUT2D eigenvalue weighted by atomic mass is 9.74. The summed E-state index contributed by atoms with van der Waals surface area (Å²) in [4.78, 5) is 0. The van der Waals surface area contributed by atoms with Gasteiger partial charge in [-0.2, -0.15) is 0 Å². The highest BCUT2D eigenvalue weighted by Gasteiger charge is 2.54. The fourth-order valence-electron chi connectivity index (χ4n) is 6.42. The van der Waals surface area contributed by atoms with Gasteiger partial charge in [-0.3, -0.25) is 0 Å². The second kappa shape index (κ2) is 13.2. The summed E-state index contributed by atoms with van der Waals surface area (Å²) in [5, 5.41) is 12.4. The lowest BCUT2D eigenvalue weighted by molar-refractivity contribution is -0.975. The number of aliphatic hydroxyl groups is 1. The Kier molecular flexibility index (Phi) is 12.1. The van der Waals surface area contributed by atoms with Crippen molar-refractivity contribution in [2.24, 2.45) is 5.41 Å². The van der Waals surface area contributed by atoms with Gasteiger partial charge in [0.25, 0.3) is 0 Å². The Hall–Kier alpha value is -0.940. The number of nitrogens with zero attached hydrogens (tertiary/aromatic N) is 3. The van der Waals surface area contributed by atoms with Gasteiger partial charge in [-0.05, 0) is 67.9 Å². The maximum Gasteiger partial charge on any atom is 0.147 e. The van der Waals surface area contributed by atoms with Crippen molar-refractivity contribution in [2.45, 2.75) is 68.4 Å². The largest absolute Gasteiger partial charge is 0.387 e. The van der Waals surface area contributed by atoms with Gasteiger partial charge in [0.15, 0.2) is 0 Å². The monoisotopic (exact) mass is 464 g/mol. The molecule has 192 valence electrons. The maximum absolute atomic E-state index is 12.4. The normalized spacial score (nSPS) is 14.5. The van der Waals surface area contributed by atoms with Gasteiger partial charge in [0.1, 0.15) is 11.5 Å². The number of hydrogen-bond acceptors (Lipinski definition) is 1. The van der Waals surface area contributed by atoms with E-state index in [0.29, 0.717) is 0 Å². The Morgan fingerprint density at radius 1 is 0.545 bits per heavy atom. The Bertz CT molecular complexity index is 568. The molecular formula is C29H58N3O+3. The van der Waals surface area contributed by atoms with Crippen LogP contribution in [0.15, 0.2) is 30.3 Å². The molecule has 1 atom stereocenters. The van der Waals surface area contributed by atoms with Gasteiger partial charge in [-0.15, -0.1) is 0 Å². The predicted molar refractivity (Wildman–Crippen MR) is 144 cm³/mol. The minimum atomic E-state index is -0.467. The van der Waals surface area contributed by atoms with Crippen molar-refractivity contribution in [2.75, 3.05) is 78.5 Å². The molecule has 1 rings (SSSR count). The lowest BCUT2D eigenvalue weighted by Crippen LogP contribution is -2.68. The Morgan fingerprint density at radius 2 is 0.818 bits per heavy atom. The Morgan fingerprint density at radius 3 is 1.06 bits per heavy atom. The Balaban J connectivity index is 3.87. The van der Waals surface area contributed by atoms with Gasteiger partial charge in [0.05, 0.1) is 78.5 Å². The molecular weight excluding hydrogens is 406 g/mol. The van der Waals surface area contributed by atoms with Crippen molar-refractivity contribution in [1.82, 2.24) is 0 Å². The summed E-state index contributed by atoms with van der Waals surface area (Å²) in [7, 11) is 0. The van der Waals surface area contributed by atoms with E-state index in [9.17, 15) is 5.11 Å². The summed E-state index contributed by atoms with van der Waals surface area (Å²) >= 11 is 0. The highest BCUT2D eigenvalue weighted by molar-refractivity contribution is 5.20. The number of quaternary nitrogens is 3. The van der Waals surface area contributed by atoms with Crippen molar-refractivity contribution in [3.05, 3.63) is 35.9 Å². The highest BCUT2D eigenvalue weighted by atomic mass is 16.3. The number of rotatable bonds is 17. The van der Waals surface area contributed by atoms with E-state index in [0.717, 1.165) is 97.5 Å². The minimum Gasteiger partial charge on any atom is -0.387 e. The number of aliphatic hydroxyl groups excluding tert-OH is 1. The molecule has 0 saturated heterocycles. The van der Waals surface area contributed by atoms with Crippen LogP contribution < -0.4 is 0 Å². The van der Waals surface area contributed by atoms with Crippen LogP contribution in [0.1, 0.15) is 74.0 Å². The molecule has 0 spiro atoms. The molecule has 1 N–H and O–H groups in total. The van der Waals surface area contributed by atoms with E-state index in [1.165, 1.54) is 0 Å². The van der Waals surface area contributed by atoms with Crippen molar-refractivity contribution in [1.29, 1.82) is 0 Å². The molecule has 1 unspecified atom stereocenters. The van der Waals surface area contributed by atoms with E-state index in [1.807, 2.05) is 0 Å². The Labute approximate surface area is 207 Å². The van der Waals surface area contributed by atoms with Gasteiger partial charge in [-0.1, -0.05) is 30.3 Å². The molecule has 0 aliphatic rings. The van der Waals surface area contributed by atoms with Crippen LogP contribution in [0.4, 0.5) is 0 Å². The van der Waals surface area contributed by atoms with Crippen molar-refractivity contribution >= 4 is 0 Å². The molecule has 4 nitrogen and oxygen atoms in total. The van der Waals surface area contributed by atoms with E-state index in [4.69, 9.17) is 0 Å². The zero-order chi connectivity index (χ0) is 25.2. The summed E-state index contributed by atoms with van der Waals surface area (Å²) in [5.74, 6) is 0. The van der Waals surface area contributed by atoms with Crippen LogP contribution in [0.3, 0.4) is 0 Å². The second-order valence-corrected chi connectivity index (χ2v) is 10.5. The highest BCUT2D eigenvalue weighted by Crippen LogP contribution is 2.42. The molecule has 0 amide bonds. The van der Waals surface area contributed by atoms with Crippen molar-refractivity contribution in [3.63, 3.8) is 0 Å². The summed E-state index contributed by atoms with van der Waals surface area (Å²) in [6.45, 7) is 34.2. The fraction of sp³-hybridized carbons (Fsp3) is 0.793. The van der Waals surface area contributed by atoms with E-state index in [1.54, 1.807) is 0 Å². The smallest absolute Gasteiger partial charge is 0.147 e. The quantitative estimate of drug-likeness (QED) is 0.309. The van der Waals surface area contributed by atoms with Crippen LogP contribution in [0.2, 0.25) is 0 Å². The summed E-state index contributed by atoms with van der Waals surface area (Å²) < 4.78 is 3.20. The molecule has 0 aliphatic heterocycles. The first-order valence-electron chi connectivity index (χ1n) is 14.0. The van der Waals surface area contributed by atoms with Crippen LogP contribution in [0.5, 0.6) is 0 Å². The molecule has 0 aromatic heterocycles. The van der Waals surface area contributed by atoms with Gasteiger partial charge >= 0.3 is 0 Å². The van der Waals surface area contributed by atoms with E-state index in [2.05, 4.69) is 92.6 Å². The van der Waals surface area contributed by atoms with E-state index < -0.39 is 6.10 Å². The summed E-state index contributed by atoms with van der Waals surface area (Å²) in [6.07, 6.45) is -0.467. The number of hydrogen-bond donors (Lipinski definition) is 1. The number of benzene rings is 1. The molecule has 1 aromatic carbocycles. The second-order valence-electron chi connectivity index (χ2n) is 10.5. The van der Waals surface area contributed by atoms with Crippen LogP contribution in [0, 0.1) is 5.41 Å². The maximum atomic E-state index is 12.4. The first-order chi connectivity index (χ1) is 15.7. The minimum absolute atomic E-state index is 0.201. The fourth-order valence-corrected chi connectivity index (χ4v) is 6.42. The standard InChI is InChI=1S/C29H58N3O/c1-10-30(11-2,12-3)24-29(25-31(13-4,14-5)15-6,26-32(16-7,17-8)18-9)28(33)27-22-20-19-21-23-27/h19-23,28,33H,10-18,24-26H2,1-9H3/q+3. The first-order valence-corrected chi connectivity index (χ1v) is 14.0. The first kappa shape index (κ1) is 30.1. The van der Waals surface area contributed by atoms with Gasteiger partial charge < -0.3 is 18.6 Å². The molecule has 0 saturated carbocycles. The van der Waals surface area contributed by atoms with E-state index in [-0.39, 0.29) is 5.41 Å². The summed E-state index contributed by atoms with van der Waals surface area (Å²) in [6, 6.07) is 10.5. The molecule has 1 aromatic rings. The van der Waals surface area contributed by atoms with E-state index >= 15 is 0 Å². The molecule has 4 heteroatoms. The zero-order valence-corrected chi connectivity index (χ0v) is 23.7. The lowest BCUT2D eigenvalue weighted by Gasteiger charge is -2.53. The van der Waals surface area contributed by atoms with Gasteiger partial charge in [0, 0.05) is 0 Å². The third-order valence-corrected chi connectivity index (χ3v) is 9.68. The van der Waals surface area contributed by atoms with Crippen LogP contribution in [0.25, 0.3) is 0 Å². The zero-order valence-electron chi connectivity index (χ0n) is 23.7. The average Bonchev–Trinajstić information content (AvgIpc) is 2.89. The summed E-state index contributed by atoms with van der Waals surface area (Å²) in [5.41, 5.74) is 0.884. The topological polar surface area (TPSA) is 20.2 Å². The van der Waals surface area contributed by atoms with Crippen LogP contribution in [-0.4, -0.2) is 97.1 Å². The SMILES string of the molecule is CC[N+](CC)(CC)CC(C[N+](CC)(CC)CC)(C[N+](CC)(CC)CC)C(O)c1ccccc1. The van der Waals surface area contributed by atoms with Gasteiger partial charge in [0.2, 0.25) is 0 Å². The molecule has 0 fully saturated rings. The average molecular weight is 465 g/mol. The van der Waals surface area contributed by atoms with Crippen LogP contribution >= 0.6 is 0 Å². The molecule has 0 bridgehead atoms. The predicted octanol–water partition coefficient (Wildman–Crippen LogP) is 5.34. The molecule has 0 aliphatic carbocycles. The third-order valence-electron chi connectivity index (χ3n) is 9.68. The molecule has 0 radical (unpaired) electrons.